The van der Waals surface area contributed by atoms with Crippen LogP contribution in [0.3, 0.4) is 0 Å². The van der Waals surface area contributed by atoms with Crippen molar-refractivity contribution < 1.29 is 0 Å². The molecule has 0 unspecified atom stereocenters. The third-order valence-corrected chi connectivity index (χ3v) is 6.23. The average molecular weight is 227 g/mol. The number of hydrogen-bond acceptors (Lipinski definition) is 3. The van der Waals surface area contributed by atoms with E-state index in [0.717, 1.165) is 12.6 Å². The molecule has 0 bridgehead atoms. The van der Waals surface area contributed by atoms with E-state index in [4.69, 9.17) is 10.5 Å². The van der Waals surface area contributed by atoms with Gasteiger partial charge in [0.05, 0.1) is 0 Å². The van der Waals surface area contributed by atoms with Crippen molar-refractivity contribution in [3.8, 4) is 12.4 Å². The molecular weight excluding hydrogens is 205 g/mol. The second-order valence-electron chi connectivity index (χ2n) is 5.33. The molecular formula is C11H22N3P. The zero-order valence-electron chi connectivity index (χ0n) is 10.3. The molecule has 0 spiro atoms. The van der Waals surface area contributed by atoms with Crippen LogP contribution in [0.2, 0.25) is 0 Å². The summed E-state index contributed by atoms with van der Waals surface area (Å²) in [5.41, 5.74) is 0. The van der Waals surface area contributed by atoms with Gasteiger partial charge < -0.3 is 0 Å². The van der Waals surface area contributed by atoms with Crippen LogP contribution in [0.25, 0.3) is 0 Å². The molecule has 0 fully saturated rings. The predicted molar refractivity (Wildman–Crippen MR) is 66.8 cm³/mol. The van der Waals surface area contributed by atoms with Crippen LogP contribution in [-0.2, 0) is 0 Å². The molecule has 86 valence electrons. The van der Waals surface area contributed by atoms with E-state index in [1.54, 1.807) is 0 Å². The third kappa shape index (κ3) is 4.50. The SMILES string of the molecule is CCCCCCP(C)(C)(C)N(C#N)C#N. The Kier molecular flexibility index (Phi) is 5.06. The van der Waals surface area contributed by atoms with Crippen LogP contribution < -0.4 is 0 Å². The number of rotatable bonds is 6. The minimum absolute atomic E-state index is 0.993. The molecule has 0 aromatic carbocycles. The van der Waals surface area contributed by atoms with Crippen molar-refractivity contribution in [1.29, 1.82) is 10.5 Å². The van der Waals surface area contributed by atoms with Crippen molar-refractivity contribution in [3.05, 3.63) is 0 Å². The number of unbranched alkanes of at least 4 members (excludes halogenated alkanes) is 3. The van der Waals surface area contributed by atoms with E-state index in [1.807, 2.05) is 12.4 Å². The van der Waals surface area contributed by atoms with Gasteiger partial charge in [-0.2, -0.15) is 0 Å². The summed E-state index contributed by atoms with van der Waals surface area (Å²) in [6, 6.07) is 0. The van der Waals surface area contributed by atoms with E-state index in [2.05, 4.69) is 26.9 Å². The fourth-order valence-electron chi connectivity index (χ4n) is 1.54. The normalized spacial score (nSPS) is 13.3. The Labute approximate surface area is 93.7 Å². The van der Waals surface area contributed by atoms with E-state index >= 15 is 0 Å². The molecule has 15 heavy (non-hydrogen) atoms. The first-order valence-electron chi connectivity index (χ1n) is 5.46. The van der Waals surface area contributed by atoms with Gasteiger partial charge >= 0.3 is 93.1 Å². The zero-order chi connectivity index (χ0) is 12.0. The van der Waals surface area contributed by atoms with Crippen molar-refractivity contribution in [1.82, 2.24) is 4.67 Å². The molecule has 0 radical (unpaired) electrons. The number of nitriles is 2. The zero-order valence-corrected chi connectivity index (χ0v) is 11.2. The van der Waals surface area contributed by atoms with Crippen molar-refractivity contribution in [2.45, 2.75) is 32.6 Å². The molecule has 0 aliphatic carbocycles. The fraction of sp³-hybridized carbons (Fsp3) is 0.818. The summed E-state index contributed by atoms with van der Waals surface area (Å²) < 4.78 is 1.33. The summed E-state index contributed by atoms with van der Waals surface area (Å²) in [5, 5.41) is 17.8. The Morgan fingerprint density at radius 2 is 1.53 bits per heavy atom. The van der Waals surface area contributed by atoms with Crippen LogP contribution in [-0.4, -0.2) is 30.8 Å². The molecule has 0 rings (SSSR count). The molecule has 0 aromatic heterocycles. The Morgan fingerprint density at radius 3 is 1.93 bits per heavy atom. The first-order chi connectivity index (χ1) is 6.85. The topological polar surface area (TPSA) is 50.8 Å². The van der Waals surface area contributed by atoms with Gasteiger partial charge in [-0.1, -0.05) is 0 Å². The van der Waals surface area contributed by atoms with E-state index in [9.17, 15) is 0 Å². The van der Waals surface area contributed by atoms with Gasteiger partial charge in [0.25, 0.3) is 0 Å². The number of nitrogens with zero attached hydrogens (tertiary/aromatic N) is 3. The van der Waals surface area contributed by atoms with E-state index in [-0.39, 0.29) is 0 Å². The fourth-order valence-corrected chi connectivity index (χ4v) is 3.71. The molecule has 0 saturated heterocycles. The average Bonchev–Trinajstić information content (AvgIpc) is 2.13. The molecule has 0 N–H and O–H groups in total. The number of hydrogen-bond donors (Lipinski definition) is 0. The maximum absolute atomic E-state index is 8.92. The molecule has 0 amide bonds. The van der Waals surface area contributed by atoms with Crippen LogP contribution in [0.4, 0.5) is 0 Å². The summed E-state index contributed by atoms with van der Waals surface area (Å²) in [5.74, 6) is 0. The van der Waals surface area contributed by atoms with Gasteiger partial charge in [0, 0.05) is 0 Å². The molecule has 4 heteroatoms. The van der Waals surface area contributed by atoms with Gasteiger partial charge in [-0.25, -0.2) is 0 Å². The second-order valence-corrected chi connectivity index (χ2v) is 12.2. The first-order valence-corrected chi connectivity index (χ1v) is 9.18. The maximum atomic E-state index is 8.92. The van der Waals surface area contributed by atoms with Gasteiger partial charge in [-0.05, 0) is 0 Å². The Morgan fingerprint density at radius 1 is 1.00 bits per heavy atom. The standard InChI is InChI=1S/C11H22N3P/c1-5-6-7-8-9-15(2,3,4)14(10-12)11-13/h5-9H2,1-4H3. The van der Waals surface area contributed by atoms with Gasteiger partial charge in [0.15, 0.2) is 0 Å². The molecule has 0 aromatic rings. The summed E-state index contributed by atoms with van der Waals surface area (Å²) in [4.78, 5) is 0. The second kappa shape index (κ2) is 5.34. The summed E-state index contributed by atoms with van der Waals surface area (Å²) in [6.45, 7) is 6.20. The Balaban J connectivity index is 4.37. The van der Waals surface area contributed by atoms with Gasteiger partial charge in [-0.3, -0.25) is 0 Å². The summed E-state index contributed by atoms with van der Waals surface area (Å²) >= 11 is 0. The summed E-state index contributed by atoms with van der Waals surface area (Å²) in [7, 11) is 0. The van der Waals surface area contributed by atoms with Gasteiger partial charge in [0.2, 0.25) is 0 Å². The van der Waals surface area contributed by atoms with Crippen molar-refractivity contribution in [2.24, 2.45) is 0 Å². The van der Waals surface area contributed by atoms with Crippen molar-refractivity contribution in [3.63, 3.8) is 0 Å². The molecule has 0 aliphatic rings. The van der Waals surface area contributed by atoms with Gasteiger partial charge in [0.1, 0.15) is 0 Å². The minimum atomic E-state index is -2.24. The van der Waals surface area contributed by atoms with Gasteiger partial charge in [-0.15, -0.1) is 0 Å². The van der Waals surface area contributed by atoms with E-state index in [0.29, 0.717) is 0 Å². The first kappa shape index (κ1) is 14.2. The molecule has 0 aliphatic heterocycles. The van der Waals surface area contributed by atoms with Crippen LogP contribution >= 0.6 is 6.75 Å². The predicted octanol–water partition coefficient (Wildman–Crippen LogP) is 3.19. The Hall–Kier alpha value is -0.790. The van der Waals surface area contributed by atoms with Crippen LogP contribution in [0.5, 0.6) is 0 Å². The quantitative estimate of drug-likeness (QED) is 0.303. The summed E-state index contributed by atoms with van der Waals surface area (Å²) in [6.07, 6.45) is 9.78. The van der Waals surface area contributed by atoms with Crippen molar-refractivity contribution >= 4 is 6.75 Å². The molecule has 0 saturated carbocycles. The van der Waals surface area contributed by atoms with Crippen LogP contribution in [0.1, 0.15) is 32.6 Å². The Bertz CT molecular complexity index is 263. The third-order valence-electron chi connectivity index (χ3n) is 2.71. The molecule has 0 heterocycles. The van der Waals surface area contributed by atoms with E-state index in [1.165, 1.54) is 23.9 Å². The van der Waals surface area contributed by atoms with Crippen LogP contribution in [0, 0.1) is 22.9 Å². The molecule has 3 nitrogen and oxygen atoms in total. The van der Waals surface area contributed by atoms with Crippen molar-refractivity contribution in [2.75, 3.05) is 26.2 Å². The van der Waals surface area contributed by atoms with Crippen LogP contribution in [0.15, 0.2) is 0 Å². The monoisotopic (exact) mass is 227 g/mol. The van der Waals surface area contributed by atoms with E-state index < -0.39 is 6.75 Å². The molecule has 0 atom stereocenters.